The van der Waals surface area contributed by atoms with Crippen LogP contribution in [0.15, 0.2) is 48.9 Å². The molecule has 3 rings (SSSR count). The number of aromatic nitrogens is 3. The molecule has 0 saturated heterocycles. The van der Waals surface area contributed by atoms with Gasteiger partial charge in [0.1, 0.15) is 11.5 Å². The zero-order valence-electron chi connectivity index (χ0n) is 8.84. The lowest BCUT2D eigenvalue weighted by Crippen LogP contribution is -1.86. The summed E-state index contributed by atoms with van der Waals surface area (Å²) in [5.74, 6) is 0. The van der Waals surface area contributed by atoms with Gasteiger partial charge in [-0.25, -0.2) is 9.97 Å². The second-order valence-electron chi connectivity index (χ2n) is 3.61. The first-order valence-corrected chi connectivity index (χ1v) is 5.54. The SMILES string of the molecule is Clc1ncnc2ccc(-c3ccccn3)cc12. The number of hydrogen-bond acceptors (Lipinski definition) is 3. The first-order chi connectivity index (χ1) is 8.34. The van der Waals surface area contributed by atoms with Crippen molar-refractivity contribution in [3.05, 3.63) is 54.1 Å². The molecule has 0 radical (unpaired) electrons. The van der Waals surface area contributed by atoms with Crippen LogP contribution in [-0.4, -0.2) is 15.0 Å². The lowest BCUT2D eigenvalue weighted by molar-refractivity contribution is 1.22. The highest BCUT2D eigenvalue weighted by Crippen LogP contribution is 2.25. The number of rotatable bonds is 1. The number of fused-ring (bicyclic) bond motifs is 1. The lowest BCUT2D eigenvalue weighted by atomic mass is 10.1. The third-order valence-corrected chi connectivity index (χ3v) is 2.85. The van der Waals surface area contributed by atoms with Gasteiger partial charge in [-0.1, -0.05) is 23.7 Å². The maximum Gasteiger partial charge on any atom is 0.140 e. The second-order valence-corrected chi connectivity index (χ2v) is 3.97. The van der Waals surface area contributed by atoms with Crippen LogP contribution in [0, 0.1) is 0 Å². The number of halogens is 1. The monoisotopic (exact) mass is 241 g/mol. The lowest BCUT2D eigenvalue weighted by Gasteiger charge is -2.03. The van der Waals surface area contributed by atoms with E-state index < -0.39 is 0 Å². The molecule has 2 heterocycles. The number of nitrogens with zero attached hydrogens (tertiary/aromatic N) is 3. The van der Waals surface area contributed by atoms with Gasteiger partial charge in [0, 0.05) is 17.1 Å². The summed E-state index contributed by atoms with van der Waals surface area (Å²) in [5.41, 5.74) is 2.76. The van der Waals surface area contributed by atoms with Crippen LogP contribution in [0.1, 0.15) is 0 Å². The van der Waals surface area contributed by atoms with Gasteiger partial charge in [0.05, 0.1) is 11.2 Å². The van der Waals surface area contributed by atoms with Gasteiger partial charge in [-0.3, -0.25) is 4.98 Å². The topological polar surface area (TPSA) is 38.7 Å². The second kappa shape index (κ2) is 4.11. The van der Waals surface area contributed by atoms with E-state index in [2.05, 4.69) is 15.0 Å². The number of pyridine rings is 1. The van der Waals surface area contributed by atoms with Crippen molar-refractivity contribution in [1.29, 1.82) is 0 Å². The Kier molecular flexibility index (Phi) is 2.46. The van der Waals surface area contributed by atoms with Crippen LogP contribution in [-0.2, 0) is 0 Å². The molecule has 1 aromatic carbocycles. The molecule has 0 saturated carbocycles. The molecule has 17 heavy (non-hydrogen) atoms. The summed E-state index contributed by atoms with van der Waals surface area (Å²) in [6, 6.07) is 11.7. The summed E-state index contributed by atoms with van der Waals surface area (Å²) < 4.78 is 0. The van der Waals surface area contributed by atoms with E-state index in [1.165, 1.54) is 6.33 Å². The van der Waals surface area contributed by atoms with E-state index in [1.54, 1.807) is 6.20 Å². The van der Waals surface area contributed by atoms with Crippen molar-refractivity contribution >= 4 is 22.5 Å². The summed E-state index contributed by atoms with van der Waals surface area (Å²) in [4.78, 5) is 12.4. The van der Waals surface area contributed by atoms with Crippen molar-refractivity contribution < 1.29 is 0 Å². The van der Waals surface area contributed by atoms with E-state index >= 15 is 0 Å². The Morgan fingerprint density at radius 1 is 0.941 bits per heavy atom. The summed E-state index contributed by atoms with van der Waals surface area (Å²) in [7, 11) is 0. The molecule has 0 N–H and O–H groups in total. The largest absolute Gasteiger partial charge is 0.256 e. The number of hydrogen-bond donors (Lipinski definition) is 0. The van der Waals surface area contributed by atoms with Crippen LogP contribution in [0.3, 0.4) is 0 Å². The Morgan fingerprint density at radius 2 is 1.88 bits per heavy atom. The molecule has 3 nitrogen and oxygen atoms in total. The van der Waals surface area contributed by atoms with Crippen LogP contribution >= 0.6 is 11.6 Å². The predicted octanol–water partition coefficient (Wildman–Crippen LogP) is 3.35. The maximum absolute atomic E-state index is 6.04. The van der Waals surface area contributed by atoms with Crippen molar-refractivity contribution in [2.24, 2.45) is 0 Å². The fourth-order valence-corrected chi connectivity index (χ4v) is 1.91. The van der Waals surface area contributed by atoms with E-state index in [0.717, 1.165) is 22.2 Å². The van der Waals surface area contributed by atoms with Gasteiger partial charge in [0.25, 0.3) is 0 Å². The van der Waals surface area contributed by atoms with Gasteiger partial charge in [0.15, 0.2) is 0 Å². The average molecular weight is 242 g/mol. The Bertz CT molecular complexity index is 668. The van der Waals surface area contributed by atoms with Gasteiger partial charge < -0.3 is 0 Å². The molecule has 0 aliphatic heterocycles. The standard InChI is InChI=1S/C13H8ClN3/c14-13-10-7-9(11-3-1-2-6-15-11)4-5-12(10)16-8-17-13/h1-8H. The van der Waals surface area contributed by atoms with Crippen LogP contribution in [0.25, 0.3) is 22.2 Å². The van der Waals surface area contributed by atoms with Gasteiger partial charge in [-0.05, 0) is 24.3 Å². The van der Waals surface area contributed by atoms with Gasteiger partial charge in [-0.2, -0.15) is 0 Å². The van der Waals surface area contributed by atoms with Gasteiger partial charge in [-0.15, -0.1) is 0 Å². The minimum atomic E-state index is 0.466. The smallest absolute Gasteiger partial charge is 0.140 e. The van der Waals surface area contributed by atoms with Crippen molar-refractivity contribution in [2.75, 3.05) is 0 Å². The summed E-state index contributed by atoms with van der Waals surface area (Å²) in [6.07, 6.45) is 3.23. The fraction of sp³-hybridized carbons (Fsp3) is 0. The highest BCUT2D eigenvalue weighted by atomic mass is 35.5. The van der Waals surface area contributed by atoms with Crippen molar-refractivity contribution in [3.63, 3.8) is 0 Å². The molecule has 2 aromatic heterocycles. The Balaban J connectivity index is 2.23. The Labute approximate surface area is 103 Å². The zero-order valence-corrected chi connectivity index (χ0v) is 9.59. The normalized spacial score (nSPS) is 10.6. The molecule has 4 heteroatoms. The summed E-state index contributed by atoms with van der Waals surface area (Å²) in [5, 5.41) is 1.31. The maximum atomic E-state index is 6.04. The highest BCUT2D eigenvalue weighted by molar-refractivity contribution is 6.34. The fourth-order valence-electron chi connectivity index (χ4n) is 1.72. The molecule has 0 fully saturated rings. The van der Waals surface area contributed by atoms with E-state index in [1.807, 2.05) is 36.4 Å². The zero-order chi connectivity index (χ0) is 11.7. The molecule has 82 valence electrons. The molecule has 0 aliphatic carbocycles. The molecular formula is C13H8ClN3. The molecular weight excluding hydrogens is 234 g/mol. The molecule has 0 spiro atoms. The summed E-state index contributed by atoms with van der Waals surface area (Å²) in [6.45, 7) is 0. The first-order valence-electron chi connectivity index (χ1n) is 5.16. The van der Waals surface area contributed by atoms with Crippen LogP contribution in [0.2, 0.25) is 5.15 Å². The Morgan fingerprint density at radius 3 is 2.71 bits per heavy atom. The molecule has 3 aromatic rings. The molecule has 0 unspecified atom stereocenters. The molecule has 0 aliphatic rings. The predicted molar refractivity (Wildman–Crippen MR) is 67.8 cm³/mol. The third kappa shape index (κ3) is 1.85. The minimum absolute atomic E-state index is 0.466. The minimum Gasteiger partial charge on any atom is -0.256 e. The average Bonchev–Trinajstić information content (AvgIpc) is 2.40. The van der Waals surface area contributed by atoms with E-state index in [-0.39, 0.29) is 0 Å². The molecule has 0 amide bonds. The first kappa shape index (κ1) is 10.2. The van der Waals surface area contributed by atoms with E-state index in [0.29, 0.717) is 5.15 Å². The van der Waals surface area contributed by atoms with Crippen molar-refractivity contribution in [3.8, 4) is 11.3 Å². The van der Waals surface area contributed by atoms with E-state index in [4.69, 9.17) is 11.6 Å². The van der Waals surface area contributed by atoms with Gasteiger partial charge >= 0.3 is 0 Å². The molecule has 0 atom stereocenters. The van der Waals surface area contributed by atoms with Crippen molar-refractivity contribution in [1.82, 2.24) is 15.0 Å². The van der Waals surface area contributed by atoms with Crippen LogP contribution in [0.4, 0.5) is 0 Å². The quantitative estimate of drug-likeness (QED) is 0.614. The molecule has 0 bridgehead atoms. The van der Waals surface area contributed by atoms with E-state index in [9.17, 15) is 0 Å². The summed E-state index contributed by atoms with van der Waals surface area (Å²) >= 11 is 6.04. The van der Waals surface area contributed by atoms with Crippen molar-refractivity contribution in [2.45, 2.75) is 0 Å². The third-order valence-electron chi connectivity index (χ3n) is 2.55. The van der Waals surface area contributed by atoms with Gasteiger partial charge in [0.2, 0.25) is 0 Å². The van der Waals surface area contributed by atoms with Crippen LogP contribution < -0.4 is 0 Å². The van der Waals surface area contributed by atoms with Crippen LogP contribution in [0.5, 0.6) is 0 Å². The Hall–Kier alpha value is -2.00. The number of benzene rings is 1. The highest BCUT2D eigenvalue weighted by Gasteiger charge is 2.04.